The molecule has 0 radical (unpaired) electrons. The van der Waals surface area contributed by atoms with Crippen LogP contribution < -0.4 is 5.73 Å². The van der Waals surface area contributed by atoms with Crippen molar-refractivity contribution in [3.63, 3.8) is 0 Å². The second-order valence-corrected chi connectivity index (χ2v) is 3.82. The number of rotatable bonds is 2. The van der Waals surface area contributed by atoms with Gasteiger partial charge in [-0.3, -0.25) is 0 Å². The van der Waals surface area contributed by atoms with Crippen molar-refractivity contribution in [2.24, 2.45) is 0 Å². The number of aromatic nitrogens is 1. The number of anilines is 1. The summed E-state index contributed by atoms with van der Waals surface area (Å²) in [4.78, 5) is 0. The van der Waals surface area contributed by atoms with E-state index in [1.54, 1.807) is 24.3 Å². The Morgan fingerprint density at radius 2 is 1.83 bits per heavy atom. The number of hydrogen-bond acceptors (Lipinski definition) is 3. The summed E-state index contributed by atoms with van der Waals surface area (Å²) in [5.41, 5.74) is 5.49. The molecule has 0 aliphatic rings. The second-order valence-electron chi connectivity index (χ2n) is 3.82. The number of aryl methyl sites for hydroxylation is 1. The first kappa shape index (κ1) is 12.5. The van der Waals surface area contributed by atoms with E-state index in [0.29, 0.717) is 5.56 Å². The van der Waals surface area contributed by atoms with Gasteiger partial charge in [0.1, 0.15) is 0 Å². The van der Waals surface area contributed by atoms with E-state index in [4.69, 9.17) is 5.73 Å². The highest BCUT2D eigenvalue weighted by Gasteiger charge is 2.39. The van der Waals surface area contributed by atoms with E-state index >= 15 is 0 Å². The molecule has 0 atom stereocenters. The maximum absolute atomic E-state index is 12.7. The zero-order valence-electron chi connectivity index (χ0n) is 9.58. The van der Waals surface area contributed by atoms with Crippen LogP contribution in [0.2, 0.25) is 0 Å². The SMILES string of the molecule is CCc1ccc(-c2c(C(F)(F)F)noc2N)cc1. The lowest BCUT2D eigenvalue weighted by atomic mass is 10.0. The highest BCUT2D eigenvalue weighted by atomic mass is 19.4. The summed E-state index contributed by atoms with van der Waals surface area (Å²) in [7, 11) is 0. The third kappa shape index (κ3) is 2.18. The van der Waals surface area contributed by atoms with Crippen LogP contribution in [0.1, 0.15) is 18.2 Å². The van der Waals surface area contributed by atoms with Crippen LogP contribution in [0.4, 0.5) is 19.1 Å². The van der Waals surface area contributed by atoms with Crippen molar-refractivity contribution in [1.29, 1.82) is 0 Å². The van der Waals surface area contributed by atoms with E-state index < -0.39 is 11.9 Å². The molecule has 3 nitrogen and oxygen atoms in total. The summed E-state index contributed by atoms with van der Waals surface area (Å²) in [5.74, 6) is -0.327. The van der Waals surface area contributed by atoms with Crippen LogP contribution in [-0.2, 0) is 12.6 Å². The fourth-order valence-electron chi connectivity index (χ4n) is 1.68. The van der Waals surface area contributed by atoms with Crippen molar-refractivity contribution >= 4 is 5.88 Å². The first-order valence-electron chi connectivity index (χ1n) is 5.35. The summed E-state index contributed by atoms with van der Waals surface area (Å²) in [6.07, 6.45) is -3.77. The number of nitrogens with two attached hydrogens (primary N) is 1. The monoisotopic (exact) mass is 256 g/mol. The lowest BCUT2D eigenvalue weighted by Crippen LogP contribution is -2.07. The minimum Gasteiger partial charge on any atom is -0.367 e. The van der Waals surface area contributed by atoms with E-state index in [1.165, 1.54) is 0 Å². The molecule has 0 amide bonds. The van der Waals surface area contributed by atoms with Gasteiger partial charge in [0.25, 0.3) is 0 Å². The highest BCUT2D eigenvalue weighted by Crippen LogP contribution is 2.39. The molecule has 1 heterocycles. The summed E-state index contributed by atoms with van der Waals surface area (Å²) < 4.78 is 42.6. The summed E-state index contributed by atoms with van der Waals surface area (Å²) in [6.45, 7) is 1.96. The van der Waals surface area contributed by atoms with E-state index in [1.807, 2.05) is 6.92 Å². The molecule has 2 aromatic rings. The van der Waals surface area contributed by atoms with Crippen molar-refractivity contribution in [3.8, 4) is 11.1 Å². The lowest BCUT2D eigenvalue weighted by Gasteiger charge is -2.06. The quantitative estimate of drug-likeness (QED) is 0.894. The van der Waals surface area contributed by atoms with Crippen LogP contribution in [0, 0.1) is 0 Å². The lowest BCUT2D eigenvalue weighted by molar-refractivity contribution is -0.142. The van der Waals surface area contributed by atoms with Gasteiger partial charge in [-0.25, -0.2) is 0 Å². The Balaban J connectivity index is 2.52. The average Bonchev–Trinajstić information content (AvgIpc) is 2.71. The first-order chi connectivity index (χ1) is 8.43. The standard InChI is InChI=1S/C12H11F3N2O/c1-2-7-3-5-8(6-4-7)9-10(12(13,14)15)17-18-11(9)16/h3-6H,2,16H2,1H3. The maximum atomic E-state index is 12.7. The Kier molecular flexibility index (Phi) is 3.02. The topological polar surface area (TPSA) is 52.0 Å². The molecule has 0 spiro atoms. The smallest absolute Gasteiger partial charge is 0.367 e. The number of halogens is 3. The van der Waals surface area contributed by atoms with Gasteiger partial charge in [-0.15, -0.1) is 0 Å². The second kappa shape index (κ2) is 4.36. The molecule has 0 saturated heterocycles. The van der Waals surface area contributed by atoms with Gasteiger partial charge >= 0.3 is 6.18 Å². The van der Waals surface area contributed by atoms with Crippen molar-refractivity contribution in [3.05, 3.63) is 35.5 Å². The molecular formula is C12H11F3N2O. The van der Waals surface area contributed by atoms with Crippen molar-refractivity contribution in [2.45, 2.75) is 19.5 Å². The zero-order valence-corrected chi connectivity index (χ0v) is 9.58. The molecule has 18 heavy (non-hydrogen) atoms. The van der Waals surface area contributed by atoms with Gasteiger partial charge in [-0.05, 0) is 17.5 Å². The molecule has 0 aliphatic heterocycles. The number of hydrogen-bond donors (Lipinski definition) is 1. The molecule has 2 rings (SSSR count). The maximum Gasteiger partial charge on any atom is 0.437 e. The van der Waals surface area contributed by atoms with Gasteiger partial charge in [0.2, 0.25) is 5.88 Å². The Labute approximate surface area is 101 Å². The Bertz CT molecular complexity index is 543. The van der Waals surface area contributed by atoms with Gasteiger partial charge in [-0.1, -0.05) is 36.3 Å². The molecular weight excluding hydrogens is 245 g/mol. The molecule has 6 heteroatoms. The molecule has 96 valence electrons. The molecule has 1 aromatic carbocycles. The molecule has 1 aromatic heterocycles. The summed E-state index contributed by atoms with van der Waals surface area (Å²) in [6, 6.07) is 6.66. The van der Waals surface area contributed by atoms with E-state index in [2.05, 4.69) is 9.68 Å². The van der Waals surface area contributed by atoms with Crippen molar-refractivity contribution in [2.75, 3.05) is 5.73 Å². The van der Waals surface area contributed by atoms with Crippen LogP contribution in [0.5, 0.6) is 0 Å². The fourth-order valence-corrected chi connectivity index (χ4v) is 1.68. The largest absolute Gasteiger partial charge is 0.437 e. The summed E-state index contributed by atoms with van der Waals surface area (Å²) in [5, 5.41) is 2.98. The van der Waals surface area contributed by atoms with Crippen LogP contribution in [-0.4, -0.2) is 5.16 Å². The number of nitrogen functional groups attached to an aromatic ring is 1. The molecule has 0 bridgehead atoms. The van der Waals surface area contributed by atoms with E-state index in [9.17, 15) is 13.2 Å². The van der Waals surface area contributed by atoms with Crippen molar-refractivity contribution < 1.29 is 17.7 Å². The zero-order chi connectivity index (χ0) is 13.3. The van der Waals surface area contributed by atoms with Gasteiger partial charge < -0.3 is 10.3 Å². The van der Waals surface area contributed by atoms with Crippen LogP contribution in [0.25, 0.3) is 11.1 Å². The fraction of sp³-hybridized carbons (Fsp3) is 0.250. The van der Waals surface area contributed by atoms with E-state index in [-0.39, 0.29) is 11.4 Å². The van der Waals surface area contributed by atoms with Gasteiger partial charge in [-0.2, -0.15) is 13.2 Å². The van der Waals surface area contributed by atoms with Gasteiger partial charge in [0.05, 0.1) is 5.56 Å². The number of benzene rings is 1. The molecule has 0 aliphatic carbocycles. The highest BCUT2D eigenvalue weighted by molar-refractivity contribution is 5.75. The Morgan fingerprint density at radius 1 is 1.22 bits per heavy atom. The Hall–Kier alpha value is -1.98. The minimum absolute atomic E-state index is 0.204. The third-order valence-electron chi connectivity index (χ3n) is 2.64. The average molecular weight is 256 g/mol. The minimum atomic E-state index is -4.58. The van der Waals surface area contributed by atoms with Gasteiger partial charge in [0, 0.05) is 0 Å². The van der Waals surface area contributed by atoms with Crippen molar-refractivity contribution in [1.82, 2.24) is 5.16 Å². The van der Waals surface area contributed by atoms with Crippen LogP contribution in [0.15, 0.2) is 28.8 Å². The molecule has 0 fully saturated rings. The predicted octanol–water partition coefficient (Wildman–Crippen LogP) is 3.51. The van der Waals surface area contributed by atoms with Gasteiger partial charge in [0.15, 0.2) is 5.69 Å². The number of alkyl halides is 3. The van der Waals surface area contributed by atoms with Crippen LogP contribution >= 0.6 is 0 Å². The first-order valence-corrected chi connectivity index (χ1v) is 5.35. The summed E-state index contributed by atoms with van der Waals surface area (Å²) >= 11 is 0. The third-order valence-corrected chi connectivity index (χ3v) is 2.64. The number of nitrogens with zero attached hydrogens (tertiary/aromatic N) is 1. The predicted molar refractivity (Wildman–Crippen MR) is 60.7 cm³/mol. The molecule has 2 N–H and O–H groups in total. The molecule has 0 unspecified atom stereocenters. The normalized spacial score (nSPS) is 11.8. The van der Waals surface area contributed by atoms with Crippen LogP contribution in [0.3, 0.4) is 0 Å². The Morgan fingerprint density at radius 3 is 2.33 bits per heavy atom. The molecule has 0 saturated carbocycles. The van der Waals surface area contributed by atoms with E-state index in [0.717, 1.165) is 12.0 Å².